The lowest BCUT2D eigenvalue weighted by atomic mass is 10.1. The van der Waals surface area contributed by atoms with Crippen LogP contribution in [0.1, 0.15) is 25.8 Å². The Morgan fingerprint density at radius 3 is 2.53 bits per heavy atom. The zero-order valence-electron chi connectivity index (χ0n) is 18.6. The Bertz CT molecular complexity index is 1090. The molecule has 5 rings (SSSR count). The average molecular weight is 436 g/mol. The van der Waals surface area contributed by atoms with Crippen molar-refractivity contribution in [1.82, 2.24) is 15.0 Å². The van der Waals surface area contributed by atoms with Gasteiger partial charge in [0.15, 0.2) is 5.82 Å². The number of fused-ring (bicyclic) bond motifs is 1. The molecule has 0 spiro atoms. The predicted molar refractivity (Wildman–Crippen MR) is 126 cm³/mol. The number of pyridine rings is 1. The van der Waals surface area contributed by atoms with E-state index in [-0.39, 0.29) is 5.56 Å². The summed E-state index contributed by atoms with van der Waals surface area (Å²) in [5.74, 6) is 2.94. The lowest BCUT2D eigenvalue weighted by Gasteiger charge is -2.31. The Hall–Kier alpha value is -3.39. The van der Waals surface area contributed by atoms with Crippen molar-refractivity contribution in [2.24, 2.45) is 0 Å². The number of ether oxygens (including phenoxy) is 2. The first-order chi connectivity index (χ1) is 15.8. The molecule has 2 aromatic heterocycles. The summed E-state index contributed by atoms with van der Waals surface area (Å²) in [4.78, 5) is 26.1. The quantitative estimate of drug-likeness (QED) is 0.645. The number of hydrogen-bond donors (Lipinski definition) is 2. The van der Waals surface area contributed by atoms with Crippen LogP contribution in [0, 0.1) is 0 Å². The van der Waals surface area contributed by atoms with Crippen molar-refractivity contribution in [3.8, 4) is 17.3 Å². The van der Waals surface area contributed by atoms with Gasteiger partial charge in [0.1, 0.15) is 11.6 Å². The van der Waals surface area contributed by atoms with Gasteiger partial charge in [-0.25, -0.2) is 4.98 Å². The Kier molecular flexibility index (Phi) is 7.01. The smallest absolute Gasteiger partial charge is 0.249 e. The molecule has 0 unspecified atom stereocenters. The van der Waals surface area contributed by atoms with E-state index in [0.717, 1.165) is 48.6 Å². The summed E-state index contributed by atoms with van der Waals surface area (Å²) >= 11 is 0. The number of benzene rings is 1. The summed E-state index contributed by atoms with van der Waals surface area (Å²) in [6, 6.07) is 12.8. The normalized spacial score (nSPS) is 15.1. The number of nitrogens with one attached hydrogen (secondary N) is 2. The van der Waals surface area contributed by atoms with E-state index in [1.165, 1.54) is 6.07 Å². The first kappa shape index (κ1) is 21.8. The van der Waals surface area contributed by atoms with Crippen molar-refractivity contribution < 1.29 is 9.47 Å². The lowest BCUT2D eigenvalue weighted by molar-refractivity contribution is 0.122. The van der Waals surface area contributed by atoms with E-state index in [1.54, 1.807) is 6.07 Å². The number of rotatable bonds is 4. The monoisotopic (exact) mass is 435 g/mol. The van der Waals surface area contributed by atoms with E-state index in [9.17, 15) is 4.79 Å². The van der Waals surface area contributed by atoms with Gasteiger partial charge in [0.05, 0.1) is 25.4 Å². The number of H-pyrrole nitrogens is 1. The van der Waals surface area contributed by atoms with Gasteiger partial charge in [0.25, 0.3) is 0 Å². The average Bonchev–Trinajstić information content (AvgIpc) is 2.86. The lowest BCUT2D eigenvalue weighted by Crippen LogP contribution is -2.38. The minimum absolute atomic E-state index is 0.144. The zero-order valence-corrected chi connectivity index (χ0v) is 18.6. The molecule has 1 aromatic carbocycles. The number of anilines is 3. The minimum Gasteiger partial charge on any atom is -0.477 e. The van der Waals surface area contributed by atoms with E-state index in [2.05, 4.69) is 15.2 Å². The number of hydrogen-bond acceptors (Lipinski definition) is 7. The molecule has 2 aliphatic heterocycles. The highest BCUT2D eigenvalue weighted by Crippen LogP contribution is 2.34. The summed E-state index contributed by atoms with van der Waals surface area (Å²) in [5.41, 5.74) is 2.73. The molecular weight excluding hydrogens is 406 g/mol. The fourth-order valence-electron chi connectivity index (χ4n) is 3.75. The summed E-state index contributed by atoms with van der Waals surface area (Å²) in [6.45, 7) is 7.74. The van der Waals surface area contributed by atoms with E-state index in [4.69, 9.17) is 19.4 Å². The number of aromatic amines is 1. The van der Waals surface area contributed by atoms with Crippen LogP contribution in [0.25, 0.3) is 11.4 Å². The van der Waals surface area contributed by atoms with Crippen LogP contribution >= 0.6 is 0 Å². The highest BCUT2D eigenvalue weighted by Gasteiger charge is 2.24. The van der Waals surface area contributed by atoms with Crippen LogP contribution in [-0.2, 0) is 11.2 Å². The van der Waals surface area contributed by atoms with Crippen LogP contribution in [0.4, 0.5) is 17.3 Å². The Morgan fingerprint density at radius 2 is 1.78 bits per heavy atom. The molecule has 168 valence electrons. The molecule has 8 nitrogen and oxygen atoms in total. The molecule has 1 saturated heterocycles. The van der Waals surface area contributed by atoms with Crippen molar-refractivity contribution in [2.75, 3.05) is 43.1 Å². The van der Waals surface area contributed by atoms with Gasteiger partial charge in [0.2, 0.25) is 11.4 Å². The third-order valence-electron chi connectivity index (χ3n) is 5.26. The molecule has 32 heavy (non-hydrogen) atoms. The maximum atomic E-state index is 11.5. The van der Waals surface area contributed by atoms with E-state index in [1.807, 2.05) is 44.2 Å². The van der Waals surface area contributed by atoms with Gasteiger partial charge in [-0.15, -0.1) is 0 Å². The van der Waals surface area contributed by atoms with Gasteiger partial charge in [-0.3, -0.25) is 4.79 Å². The molecule has 0 amide bonds. The molecule has 0 aliphatic carbocycles. The Balaban J connectivity index is 0.00000119. The number of morpholine rings is 1. The van der Waals surface area contributed by atoms with Gasteiger partial charge < -0.3 is 24.7 Å². The maximum absolute atomic E-state index is 11.5. The first-order valence-corrected chi connectivity index (χ1v) is 11.2. The minimum atomic E-state index is -0.144. The number of nitrogens with zero attached hydrogens (tertiary/aromatic N) is 3. The number of aromatic nitrogens is 3. The topological polar surface area (TPSA) is 92.4 Å². The van der Waals surface area contributed by atoms with Crippen molar-refractivity contribution in [1.29, 1.82) is 0 Å². The zero-order chi connectivity index (χ0) is 22.3. The van der Waals surface area contributed by atoms with Crippen molar-refractivity contribution >= 4 is 17.3 Å². The molecule has 0 atom stereocenters. The van der Waals surface area contributed by atoms with E-state index >= 15 is 0 Å². The molecule has 2 N–H and O–H groups in total. The van der Waals surface area contributed by atoms with Crippen molar-refractivity contribution in [3.05, 3.63) is 58.4 Å². The summed E-state index contributed by atoms with van der Waals surface area (Å²) in [6.07, 6.45) is 1.91. The van der Waals surface area contributed by atoms with Crippen LogP contribution in [0.5, 0.6) is 5.88 Å². The standard InChI is InChI=1S/C22H23N5O3.C2H6/c28-19-5-1-4-18(24-19)23-16-8-6-15(7-9-16)20-25-21(27-10-13-29-14-11-27)17-3-2-12-30-22(17)26-20;1-2/h1,4-9H,2-3,10-14H2,(H2,23,24,28);1-2H3. The second kappa shape index (κ2) is 10.3. The van der Waals surface area contributed by atoms with E-state index < -0.39 is 0 Å². The van der Waals surface area contributed by atoms with Gasteiger partial charge in [-0.05, 0) is 43.2 Å². The molecule has 4 heterocycles. The van der Waals surface area contributed by atoms with Crippen molar-refractivity contribution in [2.45, 2.75) is 26.7 Å². The van der Waals surface area contributed by atoms with Crippen LogP contribution in [0.15, 0.2) is 47.3 Å². The predicted octanol–water partition coefficient (Wildman–Crippen LogP) is 3.76. The third-order valence-corrected chi connectivity index (χ3v) is 5.26. The highest BCUT2D eigenvalue weighted by molar-refractivity contribution is 5.66. The molecule has 0 radical (unpaired) electrons. The maximum Gasteiger partial charge on any atom is 0.249 e. The Morgan fingerprint density at radius 1 is 1.00 bits per heavy atom. The summed E-state index contributed by atoms with van der Waals surface area (Å²) < 4.78 is 11.4. The van der Waals surface area contributed by atoms with Crippen LogP contribution in [0.3, 0.4) is 0 Å². The molecule has 1 fully saturated rings. The molecule has 0 bridgehead atoms. The second-order valence-corrected chi connectivity index (χ2v) is 7.34. The second-order valence-electron chi connectivity index (χ2n) is 7.34. The van der Waals surface area contributed by atoms with Gasteiger partial charge in [-0.2, -0.15) is 4.98 Å². The largest absolute Gasteiger partial charge is 0.477 e. The fourth-order valence-corrected chi connectivity index (χ4v) is 3.75. The van der Waals surface area contributed by atoms with Gasteiger partial charge in [-0.1, -0.05) is 19.9 Å². The molecule has 0 saturated carbocycles. The molecule has 2 aliphatic rings. The van der Waals surface area contributed by atoms with Gasteiger partial charge in [0, 0.05) is 30.4 Å². The molecule has 8 heteroatoms. The van der Waals surface area contributed by atoms with Gasteiger partial charge >= 0.3 is 0 Å². The third kappa shape index (κ3) is 4.91. The SMILES string of the molecule is CC.O=c1cccc(Nc2ccc(-c3nc4c(c(N5CCOCC5)n3)CCCO4)cc2)[nH]1. The fraction of sp³-hybridized carbons (Fsp3) is 0.375. The van der Waals surface area contributed by atoms with Crippen LogP contribution in [0.2, 0.25) is 0 Å². The summed E-state index contributed by atoms with van der Waals surface area (Å²) in [7, 11) is 0. The Labute approximate surface area is 187 Å². The molecular formula is C24H29N5O3. The highest BCUT2D eigenvalue weighted by atomic mass is 16.5. The van der Waals surface area contributed by atoms with Crippen molar-refractivity contribution in [3.63, 3.8) is 0 Å². The van der Waals surface area contributed by atoms with E-state index in [0.29, 0.717) is 37.3 Å². The summed E-state index contributed by atoms with van der Waals surface area (Å²) in [5, 5.41) is 3.19. The first-order valence-electron chi connectivity index (χ1n) is 11.2. The van der Waals surface area contributed by atoms with Crippen LogP contribution < -0.4 is 20.5 Å². The molecule has 3 aromatic rings. The van der Waals surface area contributed by atoms with Crippen LogP contribution in [-0.4, -0.2) is 47.9 Å².